The van der Waals surface area contributed by atoms with Crippen LogP contribution in [0, 0.1) is 6.92 Å². The maximum absolute atomic E-state index is 13.7. The van der Waals surface area contributed by atoms with Gasteiger partial charge in [-0.15, -0.1) is 0 Å². The Labute approximate surface area is 397 Å². The molecule has 8 aromatic rings. The molecule has 7 heterocycles. The van der Waals surface area contributed by atoms with E-state index in [1.54, 1.807) is 47.2 Å². The first kappa shape index (κ1) is 43.6. The number of aromatic nitrogens is 8. The van der Waals surface area contributed by atoms with Gasteiger partial charge in [0.05, 0.1) is 45.9 Å². The molecular formula is C52H53N13O4. The number of nitrogens with zero attached hydrogens (tertiary/aromatic N) is 11. The summed E-state index contributed by atoms with van der Waals surface area (Å²) in [5.41, 5.74) is 11.0. The molecule has 69 heavy (non-hydrogen) atoms. The van der Waals surface area contributed by atoms with Gasteiger partial charge in [0.25, 0.3) is 5.91 Å². The van der Waals surface area contributed by atoms with Gasteiger partial charge in [-0.3, -0.25) is 38.9 Å². The molecule has 0 bridgehead atoms. The number of amides is 3. The third kappa shape index (κ3) is 7.91. The number of imide groups is 1. The van der Waals surface area contributed by atoms with E-state index in [9.17, 15) is 19.2 Å². The van der Waals surface area contributed by atoms with E-state index in [4.69, 9.17) is 5.10 Å². The molecule has 3 saturated heterocycles. The minimum Gasteiger partial charge on any atom is -0.371 e. The Bertz CT molecular complexity index is 3350. The lowest BCUT2D eigenvalue weighted by Crippen LogP contribution is -2.53. The first-order chi connectivity index (χ1) is 33.5. The average molecular weight is 924 g/mol. The van der Waals surface area contributed by atoms with E-state index in [2.05, 4.69) is 83.0 Å². The Hall–Kier alpha value is -7.92. The quantitative estimate of drug-likeness (QED) is 0.164. The first-order valence-electron chi connectivity index (χ1n) is 23.6. The largest absolute Gasteiger partial charge is 0.371 e. The lowest BCUT2D eigenvalue weighted by atomic mass is 9.90. The van der Waals surface area contributed by atoms with Crippen LogP contribution >= 0.6 is 0 Å². The third-order valence-electron chi connectivity index (χ3n) is 14.4. The highest BCUT2D eigenvalue weighted by atomic mass is 16.2. The molecule has 0 aliphatic carbocycles. The molecule has 4 aromatic carbocycles. The Morgan fingerprint density at radius 2 is 1.51 bits per heavy atom. The monoisotopic (exact) mass is 923 g/mol. The van der Waals surface area contributed by atoms with E-state index >= 15 is 0 Å². The van der Waals surface area contributed by atoms with Gasteiger partial charge in [-0.1, -0.05) is 36.4 Å². The van der Waals surface area contributed by atoms with Crippen molar-refractivity contribution in [3.8, 4) is 27.9 Å². The fourth-order valence-corrected chi connectivity index (χ4v) is 10.8. The van der Waals surface area contributed by atoms with Gasteiger partial charge < -0.3 is 15.1 Å². The molecule has 4 aromatic heterocycles. The highest BCUT2D eigenvalue weighted by Crippen LogP contribution is 2.40. The highest BCUT2D eigenvalue weighted by molar-refractivity contribution is 6.13. The summed E-state index contributed by atoms with van der Waals surface area (Å²) < 4.78 is 6.50. The van der Waals surface area contributed by atoms with Gasteiger partial charge in [0.15, 0.2) is 5.69 Å². The summed E-state index contributed by atoms with van der Waals surface area (Å²) in [6.45, 7) is 7.66. The number of carbonyl (C=O) groups excluding carboxylic acids is 3. The molecule has 0 spiro atoms. The Kier molecular flexibility index (Phi) is 11.1. The maximum Gasteiger partial charge on any atom is 0.350 e. The number of para-hydroxylation sites is 1. The first-order valence-corrected chi connectivity index (χ1v) is 23.6. The molecule has 3 aliphatic heterocycles. The molecule has 1 atom stereocenters. The standard InChI is InChI=1S/C52H53N13O4/c1-32-38(16-18-43-46(32)48(58-59(43)2)51(68)55-34-7-6-22-53-30-34)39-15-14-37(65-31-54-61(4)52(65)69)29-42(39)33-10-12-35(13-11-33)62-23-20-36(21-24-62)63-25-27-64(28-26-63)44-9-5-8-40-47(57-60(3)49(40)44)41-17-19-45(66)56-50(41)67/h5-16,18,22,29-31,36,41H,17,19-21,23-28H2,1-4H3,(H,55,68)(H,56,66,67). The second-order valence-electron chi connectivity index (χ2n) is 18.4. The van der Waals surface area contributed by atoms with E-state index in [-0.39, 0.29) is 23.4 Å². The summed E-state index contributed by atoms with van der Waals surface area (Å²) in [4.78, 5) is 63.2. The Morgan fingerprint density at radius 3 is 2.23 bits per heavy atom. The molecule has 17 heteroatoms. The van der Waals surface area contributed by atoms with Crippen molar-refractivity contribution >= 4 is 56.6 Å². The molecule has 3 fully saturated rings. The summed E-state index contributed by atoms with van der Waals surface area (Å²) in [6.07, 6.45) is 7.74. The normalized spacial score (nSPS) is 17.2. The predicted octanol–water partition coefficient (Wildman–Crippen LogP) is 5.95. The number of hydrogen-bond donors (Lipinski definition) is 2. The molecule has 11 rings (SSSR count). The molecule has 0 saturated carbocycles. The third-order valence-corrected chi connectivity index (χ3v) is 14.4. The molecular weight excluding hydrogens is 871 g/mol. The SMILES string of the molecule is Cc1c(-c2ccc(-n3cnn(C)c3=O)cc2-c2ccc(N3CCC(N4CCN(c5cccc6c(C7CCC(=O)NC7=O)nn(C)c56)CC4)CC3)cc2)ccc2c1c(C(=O)Nc1cccnc1)nn2C. The van der Waals surface area contributed by atoms with Crippen LogP contribution < -0.4 is 26.1 Å². The summed E-state index contributed by atoms with van der Waals surface area (Å²) >= 11 is 0. The Balaban J connectivity index is 0.806. The molecule has 0 radical (unpaired) electrons. The smallest absolute Gasteiger partial charge is 0.350 e. The van der Waals surface area contributed by atoms with Gasteiger partial charge in [0.2, 0.25) is 11.8 Å². The van der Waals surface area contributed by atoms with Crippen LogP contribution in [0.4, 0.5) is 17.1 Å². The number of fused-ring (bicyclic) bond motifs is 2. The number of anilines is 3. The van der Waals surface area contributed by atoms with E-state index in [1.165, 1.54) is 10.4 Å². The van der Waals surface area contributed by atoms with Crippen molar-refractivity contribution in [3.63, 3.8) is 0 Å². The van der Waals surface area contributed by atoms with E-state index in [1.807, 2.05) is 56.0 Å². The molecule has 1 unspecified atom stereocenters. The Morgan fingerprint density at radius 1 is 0.739 bits per heavy atom. The molecule has 2 N–H and O–H groups in total. The maximum atomic E-state index is 13.7. The van der Waals surface area contributed by atoms with Crippen LogP contribution in [0.5, 0.6) is 0 Å². The van der Waals surface area contributed by atoms with Gasteiger partial charge in [-0.2, -0.15) is 15.3 Å². The zero-order chi connectivity index (χ0) is 47.5. The van der Waals surface area contributed by atoms with E-state index < -0.39 is 5.92 Å². The van der Waals surface area contributed by atoms with Gasteiger partial charge >= 0.3 is 5.69 Å². The van der Waals surface area contributed by atoms with Crippen molar-refractivity contribution in [2.45, 2.75) is 44.6 Å². The number of piperidine rings is 2. The number of hydrogen-bond acceptors (Lipinski definition) is 11. The second-order valence-corrected chi connectivity index (χ2v) is 18.4. The number of aryl methyl sites for hydroxylation is 4. The molecule has 3 aliphatic rings. The van der Waals surface area contributed by atoms with Crippen LogP contribution in [0.3, 0.4) is 0 Å². The molecule has 3 amide bonds. The lowest BCUT2D eigenvalue weighted by molar-refractivity contribution is -0.134. The van der Waals surface area contributed by atoms with Crippen LogP contribution in [0.2, 0.25) is 0 Å². The van der Waals surface area contributed by atoms with Crippen molar-refractivity contribution in [1.29, 1.82) is 0 Å². The summed E-state index contributed by atoms with van der Waals surface area (Å²) in [5, 5.41) is 20.9. The van der Waals surface area contributed by atoms with Crippen molar-refractivity contribution in [2.75, 3.05) is 54.4 Å². The van der Waals surface area contributed by atoms with Crippen molar-refractivity contribution in [2.24, 2.45) is 21.1 Å². The zero-order valence-electron chi connectivity index (χ0n) is 39.1. The molecule has 17 nitrogen and oxygen atoms in total. The summed E-state index contributed by atoms with van der Waals surface area (Å²) in [5.74, 6) is -1.24. The predicted molar refractivity (Wildman–Crippen MR) is 266 cm³/mol. The van der Waals surface area contributed by atoms with Crippen molar-refractivity contribution in [1.82, 2.24) is 49.1 Å². The van der Waals surface area contributed by atoms with E-state index in [0.29, 0.717) is 36.0 Å². The fourth-order valence-electron chi connectivity index (χ4n) is 10.8. The van der Waals surface area contributed by atoms with Gasteiger partial charge in [-0.05, 0) is 103 Å². The number of pyridine rings is 1. The van der Waals surface area contributed by atoms with Gasteiger partial charge in [0.1, 0.15) is 6.33 Å². The minimum absolute atomic E-state index is 0.222. The number of carbonyl (C=O) groups is 3. The van der Waals surface area contributed by atoms with Crippen LogP contribution in [0.25, 0.3) is 49.7 Å². The van der Waals surface area contributed by atoms with Crippen LogP contribution in [0.1, 0.15) is 53.3 Å². The zero-order valence-corrected chi connectivity index (χ0v) is 39.1. The van der Waals surface area contributed by atoms with Crippen molar-refractivity contribution in [3.05, 3.63) is 131 Å². The van der Waals surface area contributed by atoms with E-state index in [0.717, 1.165) is 113 Å². The van der Waals surface area contributed by atoms with Crippen LogP contribution in [-0.4, -0.2) is 107 Å². The van der Waals surface area contributed by atoms with Crippen LogP contribution in [0.15, 0.2) is 108 Å². The minimum atomic E-state index is -0.432. The summed E-state index contributed by atoms with van der Waals surface area (Å²) in [6, 6.07) is 29.1. The lowest BCUT2D eigenvalue weighted by Gasteiger charge is -2.44. The van der Waals surface area contributed by atoms with Gasteiger partial charge in [0, 0.05) is 95.5 Å². The average Bonchev–Trinajstić information content (AvgIpc) is 4.02. The molecule has 350 valence electrons. The fraction of sp³-hybridized carbons (Fsp3) is 0.308. The number of piperazine rings is 1. The second kappa shape index (κ2) is 17.6. The highest BCUT2D eigenvalue weighted by Gasteiger charge is 2.34. The van der Waals surface area contributed by atoms with Crippen molar-refractivity contribution < 1.29 is 14.4 Å². The summed E-state index contributed by atoms with van der Waals surface area (Å²) in [7, 11) is 5.42. The number of rotatable bonds is 9. The topological polar surface area (TPSA) is 173 Å². The number of benzene rings is 4. The number of nitrogens with one attached hydrogen (secondary N) is 2. The van der Waals surface area contributed by atoms with Crippen LogP contribution in [-0.2, 0) is 30.7 Å². The van der Waals surface area contributed by atoms with Gasteiger partial charge in [-0.25, -0.2) is 14.0 Å².